The van der Waals surface area contributed by atoms with Gasteiger partial charge in [0.2, 0.25) is 0 Å². The van der Waals surface area contributed by atoms with Crippen LogP contribution in [0.3, 0.4) is 0 Å². The molecule has 7 nitrogen and oxygen atoms in total. The molecule has 4 rings (SSSR count). The molecule has 1 saturated heterocycles. The minimum Gasteiger partial charge on any atom is -0.336 e. The van der Waals surface area contributed by atoms with Crippen LogP contribution in [0.1, 0.15) is 27.8 Å². The van der Waals surface area contributed by atoms with Crippen molar-refractivity contribution in [3.63, 3.8) is 0 Å². The molecule has 0 bridgehead atoms. The number of carbonyl (C=O) groups excluding carboxylic acids is 1. The third kappa shape index (κ3) is 3.01. The zero-order valence-corrected chi connectivity index (χ0v) is 15.0. The summed E-state index contributed by atoms with van der Waals surface area (Å²) in [6.07, 6.45) is 5.44. The van der Waals surface area contributed by atoms with Crippen molar-refractivity contribution < 1.29 is 4.79 Å². The van der Waals surface area contributed by atoms with Crippen LogP contribution in [0.4, 0.5) is 0 Å². The van der Waals surface area contributed by atoms with Gasteiger partial charge in [-0.2, -0.15) is 5.10 Å². The molecule has 8 heteroatoms. The van der Waals surface area contributed by atoms with Gasteiger partial charge in [0, 0.05) is 44.5 Å². The van der Waals surface area contributed by atoms with Crippen molar-refractivity contribution in [2.75, 3.05) is 19.6 Å². The summed E-state index contributed by atoms with van der Waals surface area (Å²) in [5.41, 5.74) is 2.52. The van der Waals surface area contributed by atoms with Crippen LogP contribution < -0.4 is 5.32 Å². The molecule has 1 fully saturated rings. The minimum atomic E-state index is -0.0790. The minimum absolute atomic E-state index is 0. The summed E-state index contributed by atoms with van der Waals surface area (Å²) in [5, 5.41) is 11.4. The Morgan fingerprint density at radius 2 is 2.20 bits per heavy atom. The van der Waals surface area contributed by atoms with Gasteiger partial charge < -0.3 is 14.8 Å². The second kappa shape index (κ2) is 6.85. The van der Waals surface area contributed by atoms with Gasteiger partial charge in [-0.3, -0.25) is 9.89 Å². The third-order valence-electron chi connectivity index (χ3n) is 4.58. The second-order valence-electron chi connectivity index (χ2n) is 6.26. The average Bonchev–Trinajstić information content (AvgIpc) is 3.22. The maximum atomic E-state index is 13.3. The van der Waals surface area contributed by atoms with Crippen LogP contribution in [0.25, 0.3) is 10.9 Å². The van der Waals surface area contributed by atoms with Crippen molar-refractivity contribution in [3.05, 3.63) is 47.7 Å². The van der Waals surface area contributed by atoms with Crippen molar-refractivity contribution in [1.82, 2.24) is 30.0 Å². The van der Waals surface area contributed by atoms with Crippen LogP contribution in [-0.4, -0.2) is 50.2 Å². The zero-order valence-electron chi connectivity index (χ0n) is 14.2. The summed E-state index contributed by atoms with van der Waals surface area (Å²) in [7, 11) is 1.96. The number of aryl methyl sites for hydroxylation is 2. The Labute approximate surface area is 151 Å². The van der Waals surface area contributed by atoms with Crippen LogP contribution in [0.2, 0.25) is 0 Å². The van der Waals surface area contributed by atoms with E-state index >= 15 is 0 Å². The molecule has 0 spiro atoms. The number of fused-ring (bicyclic) bond motifs is 1. The summed E-state index contributed by atoms with van der Waals surface area (Å²) in [4.78, 5) is 19.6. The van der Waals surface area contributed by atoms with Crippen molar-refractivity contribution in [2.45, 2.75) is 13.0 Å². The molecule has 2 aromatic heterocycles. The largest absolute Gasteiger partial charge is 0.336 e. The maximum Gasteiger partial charge on any atom is 0.256 e. The monoisotopic (exact) mass is 360 g/mol. The van der Waals surface area contributed by atoms with Gasteiger partial charge in [-0.25, -0.2) is 4.98 Å². The number of nitrogens with zero attached hydrogens (tertiary/aromatic N) is 4. The number of amides is 1. The highest BCUT2D eigenvalue weighted by Gasteiger charge is 2.32. The van der Waals surface area contributed by atoms with Gasteiger partial charge in [0.15, 0.2) is 0 Å². The standard InChI is InChI=1S/C17H20N6O.ClH/c1-11-7-12-9-20-21-15(12)13(8-11)17(24)23-6-3-18-10-14(23)16-19-4-5-22(16)2;/h4-5,7-9,14,18H,3,6,10H2,1-2H3,(H,20,21);1H. The second-order valence-corrected chi connectivity index (χ2v) is 6.26. The van der Waals surface area contributed by atoms with E-state index in [4.69, 9.17) is 0 Å². The van der Waals surface area contributed by atoms with E-state index in [1.54, 1.807) is 12.4 Å². The van der Waals surface area contributed by atoms with E-state index in [9.17, 15) is 4.79 Å². The lowest BCUT2D eigenvalue weighted by molar-refractivity contribution is 0.0622. The van der Waals surface area contributed by atoms with E-state index in [0.717, 1.165) is 28.8 Å². The molecule has 0 saturated carbocycles. The lowest BCUT2D eigenvalue weighted by atomic mass is 10.0. The summed E-state index contributed by atoms with van der Waals surface area (Å²) < 4.78 is 1.97. The Morgan fingerprint density at radius 1 is 1.36 bits per heavy atom. The van der Waals surface area contributed by atoms with Crippen molar-refractivity contribution in [2.24, 2.45) is 7.05 Å². The number of imidazole rings is 1. The van der Waals surface area contributed by atoms with E-state index in [1.807, 2.05) is 41.8 Å². The Balaban J connectivity index is 0.00000182. The fourth-order valence-electron chi connectivity index (χ4n) is 3.41. The third-order valence-corrected chi connectivity index (χ3v) is 4.58. The molecular formula is C17H21ClN6O. The number of carbonyl (C=O) groups is 1. The van der Waals surface area contributed by atoms with Gasteiger partial charge >= 0.3 is 0 Å². The fourth-order valence-corrected chi connectivity index (χ4v) is 3.41. The number of hydrogen-bond donors (Lipinski definition) is 2. The molecule has 3 heterocycles. The number of aromatic amines is 1. The van der Waals surface area contributed by atoms with Gasteiger partial charge in [0.25, 0.3) is 5.91 Å². The van der Waals surface area contributed by atoms with E-state index in [1.165, 1.54) is 0 Å². The van der Waals surface area contributed by atoms with Crippen LogP contribution in [0.15, 0.2) is 30.7 Å². The van der Waals surface area contributed by atoms with E-state index < -0.39 is 0 Å². The van der Waals surface area contributed by atoms with Crippen molar-refractivity contribution in [3.8, 4) is 0 Å². The topological polar surface area (TPSA) is 78.8 Å². The Kier molecular flexibility index (Phi) is 4.78. The number of H-pyrrole nitrogens is 1. The van der Waals surface area contributed by atoms with Gasteiger partial charge in [0.1, 0.15) is 11.9 Å². The predicted molar refractivity (Wildman–Crippen MR) is 97.9 cm³/mol. The number of aromatic nitrogens is 4. The Bertz CT molecular complexity index is 902. The molecule has 1 aliphatic rings. The van der Waals surface area contributed by atoms with E-state index in [-0.39, 0.29) is 24.4 Å². The number of hydrogen-bond acceptors (Lipinski definition) is 4. The van der Waals surface area contributed by atoms with Crippen LogP contribution in [0, 0.1) is 6.92 Å². The smallest absolute Gasteiger partial charge is 0.256 e. The van der Waals surface area contributed by atoms with Crippen LogP contribution >= 0.6 is 12.4 Å². The number of rotatable bonds is 2. The SMILES string of the molecule is Cc1cc(C(=O)N2CCNCC2c2nccn2C)c2[nH]ncc2c1.Cl. The van der Waals surface area contributed by atoms with Gasteiger partial charge in [-0.15, -0.1) is 12.4 Å². The highest BCUT2D eigenvalue weighted by atomic mass is 35.5. The molecule has 1 unspecified atom stereocenters. The fraction of sp³-hybridized carbons (Fsp3) is 0.353. The van der Waals surface area contributed by atoms with Gasteiger partial charge in [-0.05, 0) is 24.6 Å². The van der Waals surface area contributed by atoms with Gasteiger partial charge in [0.05, 0.1) is 17.3 Å². The Hall–Kier alpha value is -2.38. The molecule has 1 aliphatic heterocycles. The molecule has 1 amide bonds. The summed E-state index contributed by atoms with van der Waals surface area (Å²) in [6, 6.07) is 3.88. The number of piperazine rings is 1. The summed E-state index contributed by atoms with van der Waals surface area (Å²) in [6.45, 7) is 4.14. The molecule has 0 radical (unpaired) electrons. The molecule has 1 atom stereocenters. The molecule has 25 heavy (non-hydrogen) atoms. The summed E-state index contributed by atoms with van der Waals surface area (Å²) >= 11 is 0. The number of halogens is 1. The molecule has 1 aromatic carbocycles. The molecule has 132 valence electrons. The molecular weight excluding hydrogens is 340 g/mol. The quantitative estimate of drug-likeness (QED) is 0.730. The zero-order chi connectivity index (χ0) is 16.7. The van der Waals surface area contributed by atoms with Crippen molar-refractivity contribution in [1.29, 1.82) is 0 Å². The molecule has 3 aromatic rings. The highest BCUT2D eigenvalue weighted by Crippen LogP contribution is 2.26. The molecule has 2 N–H and O–H groups in total. The highest BCUT2D eigenvalue weighted by molar-refractivity contribution is 6.05. The first-order valence-corrected chi connectivity index (χ1v) is 8.08. The van der Waals surface area contributed by atoms with Crippen molar-refractivity contribution >= 4 is 29.2 Å². The molecule has 0 aliphatic carbocycles. The predicted octanol–water partition coefficient (Wildman–Crippen LogP) is 1.81. The number of benzene rings is 1. The lowest BCUT2D eigenvalue weighted by Crippen LogP contribution is -2.49. The number of nitrogens with one attached hydrogen (secondary N) is 2. The summed E-state index contributed by atoms with van der Waals surface area (Å²) in [5.74, 6) is 0.909. The van der Waals surface area contributed by atoms with Crippen LogP contribution in [0.5, 0.6) is 0 Å². The lowest BCUT2D eigenvalue weighted by Gasteiger charge is -2.36. The van der Waals surface area contributed by atoms with E-state index in [2.05, 4.69) is 20.5 Å². The average molecular weight is 361 g/mol. The maximum absolute atomic E-state index is 13.3. The normalized spacial score (nSPS) is 17.5. The first kappa shape index (κ1) is 17.4. The van der Waals surface area contributed by atoms with E-state index in [0.29, 0.717) is 18.7 Å². The Morgan fingerprint density at radius 3 is 2.96 bits per heavy atom. The first-order chi connectivity index (χ1) is 11.6. The van der Waals surface area contributed by atoms with Crippen LogP contribution in [-0.2, 0) is 7.05 Å². The van der Waals surface area contributed by atoms with Gasteiger partial charge in [-0.1, -0.05) is 0 Å². The first-order valence-electron chi connectivity index (χ1n) is 8.08.